The molecule has 0 fully saturated rings. The van der Waals surface area contributed by atoms with E-state index in [4.69, 9.17) is 5.11 Å². The molecule has 0 amide bonds. The Labute approximate surface area is 72.3 Å². The number of carbonyl (C=O) groups is 1. The lowest BCUT2D eigenvalue weighted by Crippen LogP contribution is -2.06. The van der Waals surface area contributed by atoms with Crippen molar-refractivity contribution >= 4 is 17.6 Å². The molecule has 0 unspecified atom stereocenters. The van der Waals surface area contributed by atoms with Crippen LogP contribution in [0.5, 0.6) is 0 Å². The van der Waals surface area contributed by atoms with Crippen LogP contribution in [0.1, 0.15) is 6.92 Å². The van der Waals surface area contributed by atoms with Crippen LogP contribution >= 0.6 is 11.6 Å². The number of hydrogen-bond acceptors (Lipinski definition) is 2. The van der Waals surface area contributed by atoms with E-state index < -0.39 is 5.97 Å². The highest BCUT2D eigenvalue weighted by Crippen LogP contribution is 1.91. The lowest BCUT2D eigenvalue weighted by Gasteiger charge is -2.03. The fourth-order valence-corrected chi connectivity index (χ4v) is 0.443. The van der Waals surface area contributed by atoms with Crippen molar-refractivity contribution in [3.05, 3.63) is 11.8 Å². The van der Waals surface area contributed by atoms with E-state index in [1.807, 2.05) is 0 Å². The number of aliphatic carboxylic acids is 1. The number of carboxylic acids is 1. The molecule has 0 aromatic rings. The lowest BCUT2D eigenvalue weighted by molar-refractivity contribution is -0.132. The molecule has 0 aliphatic carbocycles. The third kappa shape index (κ3) is 9.30. The molecule has 0 bridgehead atoms. The van der Waals surface area contributed by atoms with Gasteiger partial charge in [0.05, 0.1) is 0 Å². The van der Waals surface area contributed by atoms with Gasteiger partial charge in [-0.25, -0.2) is 4.79 Å². The highest BCUT2D eigenvalue weighted by atomic mass is 35.5. The molecule has 3 nitrogen and oxygen atoms in total. The monoisotopic (exact) mass is 179 g/mol. The molecule has 0 saturated carbocycles. The van der Waals surface area contributed by atoms with Gasteiger partial charge < -0.3 is 10.0 Å². The normalized spacial score (nSPS) is 9.73. The molecule has 1 N–H and O–H groups in total. The molecule has 0 atom stereocenters. The third-order valence-corrected chi connectivity index (χ3v) is 0.789. The maximum Gasteiger partial charge on any atom is 0.332 e. The Balaban J connectivity index is 0. The van der Waals surface area contributed by atoms with Crippen LogP contribution in [0.15, 0.2) is 11.8 Å². The minimum absolute atomic E-state index is 0.347. The van der Waals surface area contributed by atoms with Gasteiger partial charge in [0, 0.05) is 32.3 Å². The summed E-state index contributed by atoms with van der Waals surface area (Å²) in [5.74, 6) is -0.872. The first kappa shape index (κ1) is 12.9. The summed E-state index contributed by atoms with van der Waals surface area (Å²) in [6.07, 6.45) is 3.03. The zero-order valence-electron chi connectivity index (χ0n) is 7.26. The topological polar surface area (TPSA) is 40.5 Å². The maximum atomic E-state index is 10.1. The van der Waals surface area contributed by atoms with Gasteiger partial charge in [-0.05, 0) is 6.92 Å². The summed E-state index contributed by atoms with van der Waals surface area (Å²) >= 11 is 4.64. The molecule has 0 radical (unpaired) electrons. The van der Waals surface area contributed by atoms with Gasteiger partial charge in [0.15, 0.2) is 0 Å². The number of halogens is 1. The van der Waals surface area contributed by atoms with Gasteiger partial charge >= 0.3 is 5.97 Å². The molecule has 11 heavy (non-hydrogen) atoms. The van der Waals surface area contributed by atoms with Crippen LogP contribution in [0.2, 0.25) is 0 Å². The largest absolute Gasteiger partial charge is 0.478 e. The summed E-state index contributed by atoms with van der Waals surface area (Å²) in [6, 6.07) is 0. The van der Waals surface area contributed by atoms with Crippen LogP contribution in [0, 0.1) is 0 Å². The number of carboxylic acid groups (broad SMARTS) is 1. The first-order chi connectivity index (χ1) is 5.04. The van der Waals surface area contributed by atoms with Crippen LogP contribution in [0.4, 0.5) is 0 Å². The predicted molar refractivity (Wildman–Crippen MR) is 46.9 cm³/mol. The lowest BCUT2D eigenvalue weighted by atomic mass is 10.3. The van der Waals surface area contributed by atoms with Crippen molar-refractivity contribution < 1.29 is 9.90 Å². The van der Waals surface area contributed by atoms with Crippen molar-refractivity contribution in [3.8, 4) is 0 Å². The van der Waals surface area contributed by atoms with Gasteiger partial charge in [-0.15, -0.1) is 11.6 Å². The second-order valence-corrected chi connectivity index (χ2v) is 2.08. The molecule has 0 spiro atoms. The van der Waals surface area contributed by atoms with Gasteiger partial charge in [0.25, 0.3) is 0 Å². The van der Waals surface area contributed by atoms with E-state index >= 15 is 0 Å². The van der Waals surface area contributed by atoms with Gasteiger partial charge in [-0.1, -0.05) is 0 Å². The zero-order chi connectivity index (χ0) is 9.44. The van der Waals surface area contributed by atoms with E-state index in [9.17, 15) is 4.79 Å². The number of nitrogens with zero attached hydrogens (tertiary/aromatic N) is 1. The number of hydrogen-bond donors (Lipinski definition) is 1. The fourth-order valence-electron chi connectivity index (χ4n) is 0.443. The highest BCUT2D eigenvalue weighted by molar-refractivity contribution is 6.15. The van der Waals surface area contributed by atoms with Crippen LogP contribution < -0.4 is 0 Å². The van der Waals surface area contributed by atoms with Crippen LogP contribution in [-0.2, 0) is 4.79 Å². The van der Waals surface area contributed by atoms with Crippen LogP contribution in [0.3, 0.4) is 0 Å². The highest BCUT2D eigenvalue weighted by Gasteiger charge is 1.97. The summed E-state index contributed by atoms with van der Waals surface area (Å²) < 4.78 is 0. The Morgan fingerprint density at radius 1 is 1.45 bits per heavy atom. The minimum Gasteiger partial charge on any atom is -0.478 e. The molecule has 0 rings (SSSR count). The van der Waals surface area contributed by atoms with Gasteiger partial charge in [0.2, 0.25) is 0 Å². The van der Waals surface area contributed by atoms with Crippen molar-refractivity contribution in [2.45, 2.75) is 6.92 Å². The van der Waals surface area contributed by atoms with E-state index in [-0.39, 0.29) is 0 Å². The smallest absolute Gasteiger partial charge is 0.332 e. The molecule has 0 aliphatic rings. The Morgan fingerprint density at radius 3 is 1.91 bits per heavy atom. The Hall–Kier alpha value is -0.700. The Bertz CT molecular complexity index is 143. The summed E-state index contributed by atoms with van der Waals surface area (Å²) in [6.45, 7) is 1.56. The second kappa shape index (κ2) is 7.41. The summed E-state index contributed by atoms with van der Waals surface area (Å²) in [4.78, 5) is 11.8. The number of rotatable bonds is 2. The van der Waals surface area contributed by atoms with Gasteiger partial charge in [-0.2, -0.15) is 0 Å². The first-order valence-corrected chi connectivity index (χ1v) is 3.75. The molecule has 0 heterocycles. The SMILES string of the molecule is C/C(=C\N(C)C)C(=O)O.CCl. The quantitative estimate of drug-likeness (QED) is 0.515. The third-order valence-electron chi connectivity index (χ3n) is 0.789. The molecular formula is C7H14ClNO2. The van der Waals surface area contributed by atoms with E-state index in [0.717, 1.165) is 0 Å². The molecule has 0 saturated heterocycles. The van der Waals surface area contributed by atoms with Crippen molar-refractivity contribution in [3.63, 3.8) is 0 Å². The summed E-state index contributed by atoms with van der Waals surface area (Å²) in [5.41, 5.74) is 0.347. The molecule has 0 aromatic carbocycles. The van der Waals surface area contributed by atoms with E-state index in [1.54, 1.807) is 32.1 Å². The average Bonchev–Trinajstić information content (AvgIpc) is 1.90. The average molecular weight is 180 g/mol. The fraction of sp³-hybridized carbons (Fsp3) is 0.571. The zero-order valence-corrected chi connectivity index (χ0v) is 8.01. The maximum absolute atomic E-state index is 10.1. The molecule has 0 aliphatic heterocycles. The van der Waals surface area contributed by atoms with E-state index in [0.29, 0.717) is 5.57 Å². The van der Waals surface area contributed by atoms with Crippen LogP contribution in [0.25, 0.3) is 0 Å². The molecule has 4 heteroatoms. The summed E-state index contributed by atoms with van der Waals surface area (Å²) in [5, 5.41) is 8.34. The summed E-state index contributed by atoms with van der Waals surface area (Å²) in [7, 11) is 3.57. The van der Waals surface area contributed by atoms with E-state index in [1.165, 1.54) is 6.38 Å². The van der Waals surface area contributed by atoms with E-state index in [2.05, 4.69) is 11.6 Å². The van der Waals surface area contributed by atoms with Crippen molar-refractivity contribution in [1.29, 1.82) is 0 Å². The predicted octanol–water partition coefficient (Wildman–Crippen LogP) is 1.39. The van der Waals surface area contributed by atoms with Gasteiger partial charge in [-0.3, -0.25) is 0 Å². The number of alkyl halides is 1. The van der Waals surface area contributed by atoms with Crippen molar-refractivity contribution in [2.75, 3.05) is 20.5 Å². The first-order valence-electron chi connectivity index (χ1n) is 3.00. The standard InChI is InChI=1S/C6H11NO2.CH3Cl/c1-5(6(8)9)4-7(2)3;1-2/h4H,1-3H3,(H,8,9);1H3/b5-4+;. The Morgan fingerprint density at radius 2 is 1.82 bits per heavy atom. The minimum atomic E-state index is -0.872. The molecular weight excluding hydrogens is 166 g/mol. The van der Waals surface area contributed by atoms with Crippen LogP contribution in [-0.4, -0.2) is 36.5 Å². The second-order valence-electron chi connectivity index (χ2n) is 2.08. The van der Waals surface area contributed by atoms with Crippen molar-refractivity contribution in [1.82, 2.24) is 4.90 Å². The molecule has 66 valence electrons. The Kier molecular flexibility index (Phi) is 8.71. The van der Waals surface area contributed by atoms with Crippen molar-refractivity contribution in [2.24, 2.45) is 0 Å². The van der Waals surface area contributed by atoms with Gasteiger partial charge in [0.1, 0.15) is 0 Å². The molecule has 0 aromatic heterocycles.